The molecule has 24 heavy (non-hydrogen) atoms. The summed E-state index contributed by atoms with van der Waals surface area (Å²) in [6.45, 7) is 5.35. The van der Waals surface area contributed by atoms with E-state index in [9.17, 15) is 14.4 Å². The maximum absolute atomic E-state index is 12.1. The second-order valence-corrected chi connectivity index (χ2v) is 6.14. The summed E-state index contributed by atoms with van der Waals surface area (Å²) < 4.78 is 5.10. The lowest BCUT2D eigenvalue weighted by atomic mass is 10.1. The molecule has 0 aliphatic carbocycles. The standard InChI is InChI=1S/C16H24N4O4/c1-11(2)14(17)15(22)18-10-13(21)19-5-7-20(8-6-19)16(23)12-4-3-9-24-12/h3-4,9,11,14H,5-8,10,17H2,1-2H3,(H,18,22)/t14-/m0/s1. The Labute approximate surface area is 140 Å². The lowest BCUT2D eigenvalue weighted by Crippen LogP contribution is -2.53. The van der Waals surface area contributed by atoms with Gasteiger partial charge >= 0.3 is 0 Å². The van der Waals surface area contributed by atoms with Crippen molar-refractivity contribution in [2.75, 3.05) is 32.7 Å². The van der Waals surface area contributed by atoms with E-state index in [0.29, 0.717) is 31.9 Å². The van der Waals surface area contributed by atoms with Crippen molar-refractivity contribution >= 4 is 17.7 Å². The molecular weight excluding hydrogens is 312 g/mol. The van der Waals surface area contributed by atoms with Crippen LogP contribution in [-0.4, -0.2) is 66.3 Å². The van der Waals surface area contributed by atoms with Crippen molar-refractivity contribution in [1.82, 2.24) is 15.1 Å². The first-order valence-corrected chi connectivity index (χ1v) is 8.04. The molecule has 1 aromatic rings. The van der Waals surface area contributed by atoms with Gasteiger partial charge in [-0.2, -0.15) is 0 Å². The Morgan fingerprint density at radius 1 is 1.21 bits per heavy atom. The van der Waals surface area contributed by atoms with E-state index in [-0.39, 0.29) is 30.2 Å². The third kappa shape index (κ3) is 4.35. The van der Waals surface area contributed by atoms with E-state index < -0.39 is 6.04 Å². The zero-order valence-electron chi connectivity index (χ0n) is 14.0. The number of carbonyl (C=O) groups excluding carboxylic acids is 3. The van der Waals surface area contributed by atoms with Gasteiger partial charge in [-0.3, -0.25) is 14.4 Å². The van der Waals surface area contributed by atoms with Crippen LogP contribution >= 0.6 is 0 Å². The molecule has 1 fully saturated rings. The Morgan fingerprint density at radius 2 is 1.83 bits per heavy atom. The van der Waals surface area contributed by atoms with Gasteiger partial charge in [-0.1, -0.05) is 13.8 Å². The molecule has 8 heteroatoms. The molecule has 3 N–H and O–H groups in total. The number of rotatable bonds is 5. The first-order chi connectivity index (χ1) is 11.4. The lowest BCUT2D eigenvalue weighted by molar-refractivity contribution is -0.134. The van der Waals surface area contributed by atoms with Crippen LogP contribution in [0.25, 0.3) is 0 Å². The Bertz CT molecular complexity index is 577. The number of furan rings is 1. The number of nitrogens with zero attached hydrogens (tertiary/aromatic N) is 2. The molecule has 132 valence electrons. The average Bonchev–Trinajstić information content (AvgIpc) is 3.12. The van der Waals surface area contributed by atoms with Crippen LogP contribution in [0, 0.1) is 5.92 Å². The predicted molar refractivity (Wildman–Crippen MR) is 87.0 cm³/mol. The third-order valence-electron chi connectivity index (χ3n) is 4.09. The number of hydrogen-bond donors (Lipinski definition) is 2. The van der Waals surface area contributed by atoms with Gasteiger partial charge < -0.3 is 25.3 Å². The van der Waals surface area contributed by atoms with E-state index in [1.807, 2.05) is 13.8 Å². The van der Waals surface area contributed by atoms with Gasteiger partial charge in [0.05, 0.1) is 18.8 Å². The summed E-state index contributed by atoms with van der Waals surface area (Å²) in [5, 5.41) is 2.57. The number of carbonyl (C=O) groups is 3. The molecule has 1 atom stereocenters. The normalized spacial score (nSPS) is 16.2. The largest absolute Gasteiger partial charge is 0.459 e. The van der Waals surface area contributed by atoms with Crippen molar-refractivity contribution in [1.29, 1.82) is 0 Å². The smallest absolute Gasteiger partial charge is 0.289 e. The number of hydrogen-bond acceptors (Lipinski definition) is 5. The van der Waals surface area contributed by atoms with E-state index in [4.69, 9.17) is 10.2 Å². The van der Waals surface area contributed by atoms with Crippen molar-refractivity contribution in [2.24, 2.45) is 11.7 Å². The molecule has 0 unspecified atom stereocenters. The highest BCUT2D eigenvalue weighted by Crippen LogP contribution is 2.09. The second-order valence-electron chi connectivity index (χ2n) is 6.14. The zero-order valence-corrected chi connectivity index (χ0v) is 14.0. The summed E-state index contributed by atoms with van der Waals surface area (Å²) >= 11 is 0. The van der Waals surface area contributed by atoms with Gasteiger partial charge in [-0.25, -0.2) is 0 Å². The van der Waals surface area contributed by atoms with Crippen LogP contribution in [0.2, 0.25) is 0 Å². The number of nitrogens with one attached hydrogen (secondary N) is 1. The Balaban J connectivity index is 1.76. The highest BCUT2D eigenvalue weighted by atomic mass is 16.3. The summed E-state index contributed by atoms with van der Waals surface area (Å²) in [6.07, 6.45) is 1.46. The monoisotopic (exact) mass is 336 g/mol. The van der Waals surface area contributed by atoms with Gasteiger partial charge in [0.15, 0.2) is 5.76 Å². The highest BCUT2D eigenvalue weighted by Gasteiger charge is 2.26. The third-order valence-corrected chi connectivity index (χ3v) is 4.09. The predicted octanol–water partition coefficient (Wildman–Crippen LogP) is -0.336. The van der Waals surface area contributed by atoms with Crippen LogP contribution in [0.5, 0.6) is 0 Å². The molecule has 0 aromatic carbocycles. The fourth-order valence-corrected chi connectivity index (χ4v) is 2.41. The van der Waals surface area contributed by atoms with Crippen molar-refractivity contribution in [2.45, 2.75) is 19.9 Å². The fraction of sp³-hybridized carbons (Fsp3) is 0.562. The molecule has 1 aliphatic heterocycles. The van der Waals surface area contributed by atoms with Gasteiger partial charge in [-0.15, -0.1) is 0 Å². The van der Waals surface area contributed by atoms with Crippen LogP contribution in [0.15, 0.2) is 22.8 Å². The minimum atomic E-state index is -0.624. The van der Waals surface area contributed by atoms with Gasteiger partial charge in [0, 0.05) is 26.2 Å². The lowest BCUT2D eigenvalue weighted by Gasteiger charge is -2.34. The van der Waals surface area contributed by atoms with E-state index in [1.165, 1.54) is 6.26 Å². The van der Waals surface area contributed by atoms with E-state index in [0.717, 1.165) is 0 Å². The second kappa shape index (κ2) is 7.96. The van der Waals surface area contributed by atoms with Crippen molar-refractivity contribution < 1.29 is 18.8 Å². The fourth-order valence-electron chi connectivity index (χ4n) is 2.41. The molecule has 0 spiro atoms. The maximum atomic E-state index is 12.1. The van der Waals surface area contributed by atoms with Gasteiger partial charge in [0.25, 0.3) is 5.91 Å². The molecule has 0 saturated carbocycles. The number of amides is 3. The molecule has 0 radical (unpaired) electrons. The van der Waals surface area contributed by atoms with E-state index >= 15 is 0 Å². The molecule has 2 rings (SSSR count). The van der Waals surface area contributed by atoms with Crippen LogP contribution in [-0.2, 0) is 9.59 Å². The molecule has 2 heterocycles. The summed E-state index contributed by atoms with van der Waals surface area (Å²) in [5.41, 5.74) is 5.73. The first kappa shape index (κ1) is 18.0. The highest BCUT2D eigenvalue weighted by molar-refractivity contribution is 5.92. The maximum Gasteiger partial charge on any atom is 0.289 e. The van der Waals surface area contributed by atoms with Crippen molar-refractivity contribution in [3.63, 3.8) is 0 Å². The van der Waals surface area contributed by atoms with Crippen LogP contribution in [0.4, 0.5) is 0 Å². The topological polar surface area (TPSA) is 109 Å². The van der Waals surface area contributed by atoms with Crippen molar-refractivity contribution in [3.8, 4) is 0 Å². The molecule has 3 amide bonds. The molecular formula is C16H24N4O4. The molecule has 1 aromatic heterocycles. The SMILES string of the molecule is CC(C)[C@H](N)C(=O)NCC(=O)N1CCN(C(=O)c2ccco2)CC1. The molecule has 1 saturated heterocycles. The van der Waals surface area contributed by atoms with E-state index in [1.54, 1.807) is 21.9 Å². The van der Waals surface area contributed by atoms with Crippen LogP contribution in [0.1, 0.15) is 24.4 Å². The minimum Gasteiger partial charge on any atom is -0.459 e. The molecule has 1 aliphatic rings. The van der Waals surface area contributed by atoms with Gasteiger partial charge in [-0.05, 0) is 18.1 Å². The summed E-state index contributed by atoms with van der Waals surface area (Å²) in [7, 11) is 0. The van der Waals surface area contributed by atoms with Crippen LogP contribution < -0.4 is 11.1 Å². The van der Waals surface area contributed by atoms with E-state index in [2.05, 4.69) is 5.32 Å². The van der Waals surface area contributed by atoms with Gasteiger partial charge in [0.2, 0.25) is 11.8 Å². The zero-order chi connectivity index (χ0) is 17.7. The minimum absolute atomic E-state index is 0.0104. The number of piperazine rings is 1. The Morgan fingerprint density at radius 3 is 2.38 bits per heavy atom. The summed E-state index contributed by atoms with van der Waals surface area (Å²) in [5.74, 6) is -0.376. The molecule has 8 nitrogen and oxygen atoms in total. The van der Waals surface area contributed by atoms with Gasteiger partial charge in [0.1, 0.15) is 0 Å². The number of nitrogens with two attached hydrogens (primary N) is 1. The summed E-state index contributed by atoms with van der Waals surface area (Å²) in [6, 6.07) is 2.66. The summed E-state index contributed by atoms with van der Waals surface area (Å²) in [4.78, 5) is 39.4. The molecule has 0 bridgehead atoms. The Kier molecular flexibility index (Phi) is 5.97. The Hall–Kier alpha value is -2.35. The first-order valence-electron chi connectivity index (χ1n) is 8.04. The average molecular weight is 336 g/mol. The quantitative estimate of drug-likeness (QED) is 0.765. The van der Waals surface area contributed by atoms with Crippen LogP contribution in [0.3, 0.4) is 0 Å². The van der Waals surface area contributed by atoms with Crippen molar-refractivity contribution in [3.05, 3.63) is 24.2 Å².